The topological polar surface area (TPSA) is 34.1 Å². The molecule has 0 bridgehead atoms. The van der Waals surface area contributed by atoms with E-state index in [1.165, 1.54) is 5.75 Å². The van der Waals surface area contributed by atoms with E-state index in [1.807, 2.05) is 20.8 Å². The average molecular weight is 230 g/mol. The SMILES string of the molecule is CC(C)=C[CH-]S(=O)(=O)c1ccc(C)cc1.[Li+]. The number of allylic oxidation sites excluding steroid dienone is 1. The van der Waals surface area contributed by atoms with E-state index in [0.29, 0.717) is 4.90 Å². The number of hydrogen-bond acceptors (Lipinski definition) is 2. The first-order valence-corrected chi connectivity index (χ1v) is 6.26. The largest absolute Gasteiger partial charge is 1.00 e. The quantitative estimate of drug-likeness (QED) is 0.537. The standard InChI is InChI=1S/C12H15O2S.Li/c1-10(2)8-9-15(13,14)12-6-4-11(3)5-7-12;/h4-9H,1-3H3;/q-1;+1. The second-order valence-electron chi connectivity index (χ2n) is 3.74. The van der Waals surface area contributed by atoms with Crippen LogP contribution < -0.4 is 18.9 Å². The third-order valence-electron chi connectivity index (χ3n) is 1.93. The predicted molar refractivity (Wildman–Crippen MR) is 62.1 cm³/mol. The molecule has 1 aromatic rings. The molecule has 0 atom stereocenters. The van der Waals surface area contributed by atoms with Gasteiger partial charge in [0.15, 0.2) is 0 Å². The van der Waals surface area contributed by atoms with E-state index in [-0.39, 0.29) is 18.9 Å². The van der Waals surface area contributed by atoms with Crippen molar-refractivity contribution in [2.75, 3.05) is 0 Å². The van der Waals surface area contributed by atoms with Gasteiger partial charge >= 0.3 is 18.9 Å². The Morgan fingerprint density at radius 2 is 1.69 bits per heavy atom. The van der Waals surface area contributed by atoms with Gasteiger partial charge < -0.3 is 0 Å². The minimum Gasteiger partial charge on any atom is -0.238 e. The Morgan fingerprint density at radius 3 is 2.12 bits per heavy atom. The normalized spacial score (nSPS) is 10.2. The van der Waals surface area contributed by atoms with Crippen molar-refractivity contribution in [1.29, 1.82) is 0 Å². The summed E-state index contributed by atoms with van der Waals surface area (Å²) >= 11 is 0. The van der Waals surface area contributed by atoms with E-state index >= 15 is 0 Å². The molecule has 0 amide bonds. The van der Waals surface area contributed by atoms with Crippen LogP contribution in [0.15, 0.2) is 40.8 Å². The van der Waals surface area contributed by atoms with Gasteiger partial charge in [-0.15, -0.1) is 19.6 Å². The maximum Gasteiger partial charge on any atom is 1.00 e. The zero-order valence-electron chi connectivity index (χ0n) is 10.2. The summed E-state index contributed by atoms with van der Waals surface area (Å²) in [6.07, 6.45) is 1.61. The minimum absolute atomic E-state index is 0. The van der Waals surface area contributed by atoms with Crippen LogP contribution in [0.5, 0.6) is 0 Å². The van der Waals surface area contributed by atoms with Crippen molar-refractivity contribution in [3.8, 4) is 0 Å². The second kappa shape index (κ2) is 6.20. The van der Waals surface area contributed by atoms with Crippen molar-refractivity contribution >= 4 is 9.84 Å². The Morgan fingerprint density at radius 1 is 1.19 bits per heavy atom. The molecule has 0 spiro atoms. The number of hydrogen-bond donors (Lipinski definition) is 0. The fraction of sp³-hybridized carbons (Fsp3) is 0.250. The van der Waals surface area contributed by atoms with Crippen molar-refractivity contribution < 1.29 is 27.3 Å². The Labute approximate surface area is 110 Å². The fourth-order valence-corrected chi connectivity index (χ4v) is 2.16. The van der Waals surface area contributed by atoms with Gasteiger partial charge in [0.2, 0.25) is 0 Å². The summed E-state index contributed by atoms with van der Waals surface area (Å²) in [6, 6.07) is 6.84. The van der Waals surface area contributed by atoms with E-state index in [9.17, 15) is 8.42 Å². The molecule has 0 N–H and O–H groups in total. The molecule has 2 nitrogen and oxygen atoms in total. The van der Waals surface area contributed by atoms with Crippen molar-refractivity contribution in [3.63, 3.8) is 0 Å². The summed E-state index contributed by atoms with van der Waals surface area (Å²) in [5, 5.41) is 0. The number of rotatable bonds is 3. The third-order valence-corrected chi connectivity index (χ3v) is 3.35. The first kappa shape index (κ1) is 15.4. The molecular weight excluding hydrogens is 215 g/mol. The summed E-state index contributed by atoms with van der Waals surface area (Å²) in [7, 11) is -3.27. The summed E-state index contributed by atoms with van der Waals surface area (Å²) < 4.78 is 23.5. The molecule has 0 heterocycles. The molecule has 0 aliphatic rings. The molecule has 0 aliphatic heterocycles. The average Bonchev–Trinajstić information content (AvgIpc) is 2.16. The van der Waals surface area contributed by atoms with Crippen LogP contribution in [0.3, 0.4) is 0 Å². The number of benzene rings is 1. The minimum atomic E-state index is -3.27. The van der Waals surface area contributed by atoms with Crippen LogP contribution in [0.1, 0.15) is 19.4 Å². The van der Waals surface area contributed by atoms with E-state index in [1.54, 1.807) is 30.3 Å². The van der Waals surface area contributed by atoms with Gasteiger partial charge in [-0.3, -0.25) is 0 Å². The van der Waals surface area contributed by atoms with E-state index in [2.05, 4.69) is 0 Å². The third kappa shape index (κ3) is 4.48. The smallest absolute Gasteiger partial charge is 0.238 e. The molecule has 0 unspecified atom stereocenters. The Bertz CT molecular complexity index is 454. The van der Waals surface area contributed by atoms with Gasteiger partial charge in [-0.05, 0) is 19.1 Å². The molecule has 1 rings (SSSR count). The monoisotopic (exact) mass is 230 g/mol. The van der Waals surface area contributed by atoms with Crippen LogP contribution in [-0.4, -0.2) is 8.42 Å². The summed E-state index contributed by atoms with van der Waals surface area (Å²) in [5.41, 5.74) is 2.02. The molecule has 0 radical (unpaired) electrons. The number of aryl methyl sites for hydroxylation is 1. The predicted octanol–water partition coefficient (Wildman–Crippen LogP) is -0.0993. The molecule has 16 heavy (non-hydrogen) atoms. The first-order chi connectivity index (χ1) is 6.92. The van der Waals surface area contributed by atoms with Gasteiger partial charge in [-0.1, -0.05) is 17.7 Å². The Kier molecular flexibility index (Phi) is 5.96. The summed E-state index contributed by atoms with van der Waals surface area (Å²) in [6.45, 7) is 5.65. The molecular formula is C12H15LiO2S. The zero-order valence-corrected chi connectivity index (χ0v) is 11.0. The maximum atomic E-state index is 11.7. The molecule has 82 valence electrons. The maximum absolute atomic E-state index is 11.7. The molecule has 1 aromatic carbocycles. The fourth-order valence-electron chi connectivity index (χ4n) is 1.03. The van der Waals surface area contributed by atoms with Gasteiger partial charge in [0.05, 0.1) is 4.90 Å². The van der Waals surface area contributed by atoms with Crippen LogP contribution in [0.4, 0.5) is 0 Å². The number of sulfone groups is 1. The molecule has 0 fully saturated rings. The molecule has 4 heteroatoms. The molecule has 0 aromatic heterocycles. The van der Waals surface area contributed by atoms with Gasteiger partial charge in [-0.25, -0.2) is 20.1 Å². The van der Waals surface area contributed by atoms with Crippen molar-refractivity contribution in [2.24, 2.45) is 0 Å². The Balaban J connectivity index is 0.00000225. The summed E-state index contributed by atoms with van der Waals surface area (Å²) in [4.78, 5) is 0.339. The second-order valence-corrected chi connectivity index (χ2v) is 5.57. The summed E-state index contributed by atoms with van der Waals surface area (Å²) in [5.74, 6) is 1.24. The Hall–Kier alpha value is -0.623. The van der Waals surface area contributed by atoms with E-state index in [0.717, 1.165) is 11.1 Å². The molecule has 0 saturated heterocycles. The zero-order chi connectivity index (χ0) is 11.5. The van der Waals surface area contributed by atoms with E-state index in [4.69, 9.17) is 0 Å². The van der Waals surface area contributed by atoms with Gasteiger partial charge in [-0.2, -0.15) is 0 Å². The van der Waals surface area contributed by atoms with Crippen molar-refractivity contribution in [1.82, 2.24) is 0 Å². The van der Waals surface area contributed by atoms with Gasteiger partial charge in [0.25, 0.3) is 0 Å². The van der Waals surface area contributed by atoms with Crippen LogP contribution in [-0.2, 0) is 9.84 Å². The van der Waals surface area contributed by atoms with Crippen LogP contribution in [0.2, 0.25) is 0 Å². The first-order valence-electron chi connectivity index (χ1n) is 4.72. The van der Waals surface area contributed by atoms with Crippen LogP contribution in [0.25, 0.3) is 0 Å². The van der Waals surface area contributed by atoms with Crippen LogP contribution >= 0.6 is 0 Å². The van der Waals surface area contributed by atoms with E-state index < -0.39 is 9.84 Å². The van der Waals surface area contributed by atoms with Gasteiger partial charge in [0, 0.05) is 0 Å². The van der Waals surface area contributed by atoms with Crippen molar-refractivity contribution in [3.05, 3.63) is 47.2 Å². The van der Waals surface area contributed by atoms with Crippen molar-refractivity contribution in [2.45, 2.75) is 25.7 Å². The van der Waals surface area contributed by atoms with Gasteiger partial charge in [0.1, 0.15) is 9.84 Å². The van der Waals surface area contributed by atoms with Crippen LogP contribution in [0, 0.1) is 12.7 Å². The molecule has 0 aliphatic carbocycles. The molecule has 0 saturated carbocycles.